The van der Waals surface area contributed by atoms with Crippen LogP contribution in [0, 0.1) is 0 Å². The predicted molar refractivity (Wildman–Crippen MR) is 266 cm³/mol. The summed E-state index contributed by atoms with van der Waals surface area (Å²) < 4.78 is 25.5. The highest BCUT2D eigenvalue weighted by Crippen LogP contribution is 2.67. The summed E-state index contributed by atoms with van der Waals surface area (Å²) in [6, 6.07) is 19.4. The van der Waals surface area contributed by atoms with Gasteiger partial charge in [-0.05, 0) is 166 Å². The number of anilines is 4. The summed E-state index contributed by atoms with van der Waals surface area (Å²) in [6.07, 6.45) is 13.4. The largest absolute Gasteiger partial charge is 0.493 e. The molecule has 66 heavy (non-hydrogen) atoms. The smallest absolute Gasteiger partial charge is 0.170 e. The van der Waals surface area contributed by atoms with Gasteiger partial charge < -0.3 is 40.2 Å². The van der Waals surface area contributed by atoms with Crippen molar-refractivity contribution in [1.29, 1.82) is 0 Å². The molecule has 6 atom stereocenters. The molecular formula is C58H64N4O4. The van der Waals surface area contributed by atoms with Crippen LogP contribution in [0.25, 0.3) is 0 Å². The Kier molecular flexibility index (Phi) is 7.74. The lowest BCUT2D eigenvalue weighted by Gasteiger charge is -2.39. The van der Waals surface area contributed by atoms with Gasteiger partial charge in [-0.2, -0.15) is 0 Å². The molecule has 0 aromatic heterocycles. The number of allylic oxidation sites excluding steroid dienone is 2. The Morgan fingerprint density at radius 3 is 1.09 bits per heavy atom. The highest BCUT2D eigenvalue weighted by molar-refractivity contribution is 5.82. The third-order valence-corrected chi connectivity index (χ3v) is 17.8. The minimum Gasteiger partial charge on any atom is -0.493 e. The van der Waals surface area contributed by atoms with Gasteiger partial charge in [0.25, 0.3) is 0 Å². The standard InChI is InChI=1S/C58H64N4O4/c1-29-13-39-40(14-30(29)2)60-43-17-35-31(15-41(43)59-39)53(3,4)25-57(35)26-54(5,6)32-16-42-44(18-36(32)57)62-46-24-52-51(23-45(46)61-42)65-49-20-34-38(22-50(49)66-52)58(28-56(34,9)10)27-55(7,8)33-19-47(63-11)48(64-12)21-37(33)58/h13-24,39-40,45-46,59-62H,25-28H2,1-12H3. The van der Waals surface area contributed by atoms with Gasteiger partial charge in [0.05, 0.1) is 61.1 Å². The van der Waals surface area contributed by atoms with Crippen LogP contribution in [-0.2, 0) is 32.5 Å². The zero-order chi connectivity index (χ0) is 45.8. The summed E-state index contributed by atoms with van der Waals surface area (Å²) in [5.74, 6) is 4.64. The molecule has 2 spiro atoms. The normalized spacial score (nSPS) is 30.4. The summed E-state index contributed by atoms with van der Waals surface area (Å²) in [6.45, 7) is 23.7. The highest BCUT2D eigenvalue weighted by Gasteiger charge is 2.59. The summed E-state index contributed by atoms with van der Waals surface area (Å²) in [4.78, 5) is 0. The van der Waals surface area contributed by atoms with Crippen molar-refractivity contribution >= 4 is 22.7 Å². The maximum absolute atomic E-state index is 6.96. The fourth-order valence-electron chi connectivity index (χ4n) is 15.0. The van der Waals surface area contributed by atoms with Crippen molar-refractivity contribution < 1.29 is 18.9 Å². The Hall–Kier alpha value is -5.76. The average Bonchev–Trinajstić information content (AvgIpc) is 3.80. The molecule has 4 aromatic carbocycles. The Morgan fingerprint density at radius 1 is 0.409 bits per heavy atom. The number of nitrogens with one attached hydrogen (secondary N) is 4. The van der Waals surface area contributed by atoms with Gasteiger partial charge in [-0.15, -0.1) is 0 Å². The minimum atomic E-state index is -0.198. The number of hydrogen-bond donors (Lipinski definition) is 4. The van der Waals surface area contributed by atoms with Crippen molar-refractivity contribution in [1.82, 2.24) is 0 Å². The maximum atomic E-state index is 6.96. The first kappa shape index (κ1) is 40.5. The van der Waals surface area contributed by atoms with E-state index in [0.29, 0.717) is 0 Å². The molecule has 9 aliphatic rings. The second-order valence-electron chi connectivity index (χ2n) is 24.0. The van der Waals surface area contributed by atoms with Crippen LogP contribution in [0.1, 0.15) is 139 Å². The molecule has 8 nitrogen and oxygen atoms in total. The quantitative estimate of drug-likeness (QED) is 0.158. The monoisotopic (exact) mass is 880 g/mol. The summed E-state index contributed by atoms with van der Waals surface area (Å²) >= 11 is 0. The molecule has 8 heteroatoms. The second kappa shape index (κ2) is 12.6. The summed E-state index contributed by atoms with van der Waals surface area (Å²) in [5, 5.41) is 15.9. The Morgan fingerprint density at radius 2 is 0.697 bits per heavy atom. The molecule has 0 radical (unpaired) electrons. The molecule has 0 bridgehead atoms. The molecule has 340 valence electrons. The van der Waals surface area contributed by atoms with E-state index in [2.05, 4.69) is 163 Å². The van der Waals surface area contributed by atoms with E-state index in [-0.39, 0.29) is 56.7 Å². The van der Waals surface area contributed by atoms with Gasteiger partial charge in [-0.3, -0.25) is 0 Å². The fourth-order valence-corrected chi connectivity index (χ4v) is 15.0. The van der Waals surface area contributed by atoms with Gasteiger partial charge in [0.15, 0.2) is 34.5 Å². The van der Waals surface area contributed by atoms with Crippen LogP contribution in [0.15, 0.2) is 95.5 Å². The van der Waals surface area contributed by atoms with Crippen molar-refractivity contribution in [2.75, 3.05) is 35.5 Å². The molecule has 3 aliphatic heterocycles. The molecule has 13 rings (SSSR count). The topological polar surface area (TPSA) is 85.0 Å². The molecule has 0 fully saturated rings. The van der Waals surface area contributed by atoms with Crippen LogP contribution < -0.4 is 40.2 Å². The van der Waals surface area contributed by atoms with Gasteiger partial charge >= 0.3 is 0 Å². The lowest BCUT2D eigenvalue weighted by molar-refractivity contribution is 0.285. The van der Waals surface area contributed by atoms with Gasteiger partial charge in [0, 0.05) is 10.8 Å². The van der Waals surface area contributed by atoms with Gasteiger partial charge in [-0.1, -0.05) is 78.7 Å². The molecule has 6 unspecified atom stereocenters. The van der Waals surface area contributed by atoms with E-state index in [1.807, 2.05) is 0 Å². The maximum Gasteiger partial charge on any atom is 0.170 e. The molecule has 4 N–H and O–H groups in total. The molecule has 3 heterocycles. The van der Waals surface area contributed by atoms with Gasteiger partial charge in [0.2, 0.25) is 0 Å². The first-order valence-electron chi connectivity index (χ1n) is 24.3. The highest BCUT2D eigenvalue weighted by atomic mass is 16.6. The Labute approximate surface area is 390 Å². The van der Waals surface area contributed by atoms with Crippen LogP contribution >= 0.6 is 0 Å². The molecular weight excluding hydrogens is 817 g/mol. The zero-order valence-electron chi connectivity index (χ0n) is 40.7. The van der Waals surface area contributed by atoms with Crippen LogP contribution in [0.3, 0.4) is 0 Å². The lowest BCUT2D eigenvalue weighted by Crippen LogP contribution is -2.44. The minimum absolute atomic E-state index is 0.00701. The van der Waals surface area contributed by atoms with Crippen LogP contribution in [0.2, 0.25) is 0 Å². The Balaban J connectivity index is 0.850. The van der Waals surface area contributed by atoms with E-state index in [9.17, 15) is 0 Å². The third kappa shape index (κ3) is 5.27. The zero-order valence-corrected chi connectivity index (χ0v) is 40.7. The average molecular weight is 881 g/mol. The van der Waals surface area contributed by atoms with Crippen LogP contribution in [0.5, 0.6) is 23.0 Å². The van der Waals surface area contributed by atoms with E-state index in [4.69, 9.17) is 18.9 Å². The fraction of sp³-hybridized carbons (Fsp3) is 0.448. The first-order valence-corrected chi connectivity index (χ1v) is 24.3. The molecule has 6 aliphatic carbocycles. The lowest BCUT2D eigenvalue weighted by atomic mass is 9.72. The number of fused-ring (bicyclic) bond motifs is 14. The number of methoxy groups -OCH3 is 2. The number of rotatable bonds is 2. The second-order valence-corrected chi connectivity index (χ2v) is 24.0. The number of benzene rings is 4. The third-order valence-electron chi connectivity index (χ3n) is 17.8. The van der Waals surface area contributed by atoms with Crippen molar-refractivity contribution in [2.45, 2.75) is 152 Å². The van der Waals surface area contributed by atoms with Crippen LogP contribution in [-0.4, -0.2) is 38.4 Å². The van der Waals surface area contributed by atoms with E-state index in [1.54, 1.807) is 14.2 Å². The van der Waals surface area contributed by atoms with Crippen molar-refractivity contribution in [2.24, 2.45) is 0 Å². The predicted octanol–water partition coefficient (Wildman–Crippen LogP) is 12.3. The SMILES string of the molecule is COc1cc2c(cc1OC)C1(CC2(C)C)CC(C)(C)c2cc3c(cc21)OC1=CC2Nc4cc5c(cc4NC2C=C1O3)C(C)(C)CC51CC(C)(C)c2cc3c(cc21)NC1C=C(C)C(C)=CC1N3. The van der Waals surface area contributed by atoms with E-state index < -0.39 is 0 Å². The van der Waals surface area contributed by atoms with Gasteiger partial charge in [-0.25, -0.2) is 0 Å². The van der Waals surface area contributed by atoms with Gasteiger partial charge in [0.1, 0.15) is 0 Å². The summed E-state index contributed by atoms with van der Waals surface area (Å²) in [7, 11) is 3.46. The van der Waals surface area contributed by atoms with Crippen molar-refractivity contribution in [3.8, 4) is 23.0 Å². The van der Waals surface area contributed by atoms with E-state index in [1.165, 1.54) is 67.0 Å². The molecule has 4 aromatic rings. The molecule has 0 amide bonds. The molecule has 0 saturated heterocycles. The van der Waals surface area contributed by atoms with Crippen molar-refractivity contribution in [3.05, 3.63) is 140 Å². The van der Waals surface area contributed by atoms with E-state index >= 15 is 0 Å². The van der Waals surface area contributed by atoms with Crippen LogP contribution in [0.4, 0.5) is 22.7 Å². The number of ether oxygens (including phenoxy) is 4. The Bertz CT molecular complexity index is 3040. The molecule has 0 saturated carbocycles. The van der Waals surface area contributed by atoms with Crippen molar-refractivity contribution in [3.63, 3.8) is 0 Å². The first-order chi connectivity index (χ1) is 31.2. The van der Waals surface area contributed by atoms with E-state index in [0.717, 1.165) is 71.6 Å². The number of hydrogen-bond acceptors (Lipinski definition) is 8. The summed E-state index contributed by atoms with van der Waals surface area (Å²) in [5.41, 5.74) is 18.2.